The summed E-state index contributed by atoms with van der Waals surface area (Å²) in [5.74, 6) is 0.890. The van der Waals surface area contributed by atoms with Gasteiger partial charge in [0, 0.05) is 6.07 Å². The van der Waals surface area contributed by atoms with Crippen LogP contribution < -0.4 is 4.74 Å². The molecule has 1 radical (unpaired) electrons. The molecule has 0 fully saturated rings. The van der Waals surface area contributed by atoms with Crippen LogP contribution in [0.25, 0.3) is 0 Å². The Morgan fingerprint density at radius 1 is 1.06 bits per heavy atom. The average Bonchev–Trinajstić information content (AvgIpc) is 2.36. The standard InChI is InChI=1S/C16H25O/c1-3-5-6-8-12-15(11-4-2)17-16-13-9-7-10-14-16/h7,9-10,13,15H,3-6,8,11-12H2,1-2H3. The fourth-order valence-electron chi connectivity index (χ4n) is 2.01. The van der Waals surface area contributed by atoms with E-state index in [0.29, 0.717) is 6.10 Å². The Morgan fingerprint density at radius 2 is 1.94 bits per heavy atom. The van der Waals surface area contributed by atoms with Crippen molar-refractivity contribution in [1.29, 1.82) is 0 Å². The first kappa shape index (κ1) is 14.1. The van der Waals surface area contributed by atoms with Gasteiger partial charge in [0.1, 0.15) is 5.75 Å². The Balaban J connectivity index is 2.32. The topological polar surface area (TPSA) is 9.23 Å². The predicted molar refractivity (Wildman–Crippen MR) is 73.4 cm³/mol. The van der Waals surface area contributed by atoms with Crippen LogP contribution in [0.5, 0.6) is 5.75 Å². The fraction of sp³-hybridized carbons (Fsp3) is 0.625. The maximum absolute atomic E-state index is 5.98. The molecule has 1 unspecified atom stereocenters. The van der Waals surface area contributed by atoms with Crippen LogP contribution in [0.3, 0.4) is 0 Å². The van der Waals surface area contributed by atoms with Gasteiger partial charge in [0.05, 0.1) is 6.10 Å². The zero-order valence-corrected chi connectivity index (χ0v) is 11.2. The van der Waals surface area contributed by atoms with Crippen LogP contribution in [0.2, 0.25) is 0 Å². The molecule has 1 rings (SSSR count). The molecule has 95 valence electrons. The minimum absolute atomic E-state index is 0.371. The van der Waals surface area contributed by atoms with Crippen molar-refractivity contribution in [2.75, 3.05) is 0 Å². The Labute approximate surface area is 106 Å². The predicted octanol–water partition coefficient (Wildman–Crippen LogP) is 5.00. The normalized spacial score (nSPS) is 12.4. The van der Waals surface area contributed by atoms with Gasteiger partial charge < -0.3 is 4.74 Å². The molecule has 1 heteroatoms. The van der Waals surface area contributed by atoms with E-state index in [1.54, 1.807) is 0 Å². The minimum Gasteiger partial charge on any atom is -0.490 e. The molecular weight excluding hydrogens is 208 g/mol. The highest BCUT2D eigenvalue weighted by atomic mass is 16.5. The summed E-state index contributed by atoms with van der Waals surface area (Å²) in [5.41, 5.74) is 0. The van der Waals surface area contributed by atoms with Crippen LogP contribution in [-0.4, -0.2) is 6.10 Å². The first-order valence-corrected chi connectivity index (χ1v) is 7.00. The molecule has 0 saturated carbocycles. The smallest absolute Gasteiger partial charge is 0.127 e. The Bertz CT molecular complexity index is 268. The van der Waals surface area contributed by atoms with E-state index < -0.39 is 0 Å². The first-order valence-electron chi connectivity index (χ1n) is 7.00. The summed E-state index contributed by atoms with van der Waals surface area (Å²) in [5, 5.41) is 0. The van der Waals surface area contributed by atoms with Crippen molar-refractivity contribution in [2.24, 2.45) is 0 Å². The summed E-state index contributed by atoms with van der Waals surface area (Å²) in [7, 11) is 0. The molecule has 0 aromatic heterocycles. The summed E-state index contributed by atoms with van der Waals surface area (Å²) >= 11 is 0. The van der Waals surface area contributed by atoms with Crippen LogP contribution in [0.4, 0.5) is 0 Å². The third-order valence-electron chi connectivity index (χ3n) is 2.96. The van der Waals surface area contributed by atoms with E-state index in [1.165, 1.54) is 38.5 Å². The summed E-state index contributed by atoms with van der Waals surface area (Å²) in [4.78, 5) is 0. The molecule has 0 N–H and O–H groups in total. The van der Waals surface area contributed by atoms with Gasteiger partial charge in [-0.2, -0.15) is 0 Å². The van der Waals surface area contributed by atoms with Crippen LogP contribution in [0.1, 0.15) is 58.8 Å². The van der Waals surface area contributed by atoms with Crippen molar-refractivity contribution in [2.45, 2.75) is 64.9 Å². The molecule has 0 spiro atoms. The molecule has 0 heterocycles. The molecule has 1 aromatic rings. The number of para-hydroxylation sites is 1. The van der Waals surface area contributed by atoms with Crippen LogP contribution in [0.15, 0.2) is 24.3 Å². The second kappa shape index (κ2) is 9.09. The monoisotopic (exact) mass is 233 g/mol. The number of hydrogen-bond donors (Lipinski definition) is 0. The fourth-order valence-corrected chi connectivity index (χ4v) is 2.01. The molecule has 0 aliphatic rings. The maximum Gasteiger partial charge on any atom is 0.127 e. The maximum atomic E-state index is 5.98. The van der Waals surface area contributed by atoms with E-state index in [1.807, 2.05) is 24.3 Å². The van der Waals surface area contributed by atoms with Crippen LogP contribution >= 0.6 is 0 Å². The zero-order chi connectivity index (χ0) is 12.3. The lowest BCUT2D eigenvalue weighted by atomic mass is 10.1. The average molecular weight is 233 g/mol. The Kier molecular flexibility index (Phi) is 7.53. The van der Waals surface area contributed by atoms with E-state index in [-0.39, 0.29) is 0 Å². The molecule has 0 bridgehead atoms. The van der Waals surface area contributed by atoms with Gasteiger partial charge >= 0.3 is 0 Å². The molecule has 1 nitrogen and oxygen atoms in total. The largest absolute Gasteiger partial charge is 0.490 e. The molecular formula is C16H25O. The summed E-state index contributed by atoms with van der Waals surface area (Å²) in [6, 6.07) is 11.0. The highest BCUT2D eigenvalue weighted by Gasteiger charge is 2.09. The van der Waals surface area contributed by atoms with Gasteiger partial charge in [0.15, 0.2) is 0 Å². The number of rotatable bonds is 9. The number of benzene rings is 1. The van der Waals surface area contributed by atoms with Gasteiger partial charge in [-0.3, -0.25) is 0 Å². The highest BCUT2D eigenvalue weighted by Crippen LogP contribution is 2.17. The van der Waals surface area contributed by atoms with Crippen molar-refractivity contribution in [1.82, 2.24) is 0 Å². The van der Waals surface area contributed by atoms with Crippen molar-refractivity contribution in [3.8, 4) is 5.75 Å². The molecule has 1 aromatic carbocycles. The SMILES string of the molecule is CCCCCCC(CCC)Oc1[c]cccc1. The molecule has 0 saturated heterocycles. The van der Waals surface area contributed by atoms with E-state index in [9.17, 15) is 0 Å². The molecule has 0 aliphatic heterocycles. The van der Waals surface area contributed by atoms with Crippen molar-refractivity contribution < 1.29 is 4.74 Å². The van der Waals surface area contributed by atoms with Crippen molar-refractivity contribution >= 4 is 0 Å². The summed E-state index contributed by atoms with van der Waals surface area (Å²) in [6.45, 7) is 4.47. The Hall–Kier alpha value is -0.980. The Morgan fingerprint density at radius 3 is 2.59 bits per heavy atom. The lowest BCUT2D eigenvalue weighted by Crippen LogP contribution is -2.16. The third-order valence-corrected chi connectivity index (χ3v) is 2.96. The highest BCUT2D eigenvalue weighted by molar-refractivity contribution is 5.19. The van der Waals surface area contributed by atoms with Gasteiger partial charge in [-0.25, -0.2) is 0 Å². The van der Waals surface area contributed by atoms with Gasteiger partial charge in [0.2, 0.25) is 0 Å². The van der Waals surface area contributed by atoms with Crippen LogP contribution in [0, 0.1) is 6.07 Å². The second-order valence-corrected chi connectivity index (χ2v) is 4.60. The lowest BCUT2D eigenvalue weighted by Gasteiger charge is -2.18. The second-order valence-electron chi connectivity index (χ2n) is 4.60. The molecule has 1 atom stereocenters. The van der Waals surface area contributed by atoms with Gasteiger partial charge in [-0.15, -0.1) is 0 Å². The molecule has 17 heavy (non-hydrogen) atoms. The van der Waals surface area contributed by atoms with Crippen molar-refractivity contribution in [3.63, 3.8) is 0 Å². The molecule has 0 aliphatic carbocycles. The van der Waals surface area contributed by atoms with Gasteiger partial charge in [0.25, 0.3) is 0 Å². The first-order chi connectivity index (χ1) is 8.36. The van der Waals surface area contributed by atoms with Gasteiger partial charge in [-0.05, 0) is 25.3 Å². The van der Waals surface area contributed by atoms with E-state index in [4.69, 9.17) is 4.74 Å². The van der Waals surface area contributed by atoms with E-state index in [2.05, 4.69) is 19.9 Å². The summed E-state index contributed by atoms with van der Waals surface area (Å²) in [6.07, 6.45) is 9.14. The van der Waals surface area contributed by atoms with Crippen molar-refractivity contribution in [3.05, 3.63) is 30.3 Å². The lowest BCUT2D eigenvalue weighted by molar-refractivity contribution is 0.175. The molecule has 0 amide bonds. The number of hydrogen-bond acceptors (Lipinski definition) is 1. The number of ether oxygens (including phenoxy) is 1. The minimum atomic E-state index is 0.371. The van der Waals surface area contributed by atoms with Crippen LogP contribution in [-0.2, 0) is 0 Å². The third kappa shape index (κ3) is 6.35. The summed E-state index contributed by atoms with van der Waals surface area (Å²) < 4.78 is 5.98. The van der Waals surface area contributed by atoms with Gasteiger partial charge in [-0.1, -0.05) is 57.7 Å². The van der Waals surface area contributed by atoms with E-state index in [0.717, 1.165) is 12.2 Å². The zero-order valence-electron chi connectivity index (χ0n) is 11.2. The quantitative estimate of drug-likeness (QED) is 0.545. The van der Waals surface area contributed by atoms with E-state index >= 15 is 0 Å². The number of unbranched alkanes of at least 4 members (excludes halogenated alkanes) is 3.